The zero-order chi connectivity index (χ0) is 17.8. The molecule has 2 heterocycles. The molecule has 1 aromatic rings. The molecule has 4 rings (SSSR count). The van der Waals surface area contributed by atoms with Crippen LogP contribution in [-0.2, 0) is 9.53 Å². The van der Waals surface area contributed by atoms with Crippen molar-refractivity contribution in [2.24, 2.45) is 5.92 Å². The van der Waals surface area contributed by atoms with Gasteiger partial charge in [0.2, 0.25) is 0 Å². The second kappa shape index (κ2) is 8.40. The summed E-state index contributed by atoms with van der Waals surface area (Å²) in [6.07, 6.45) is 8.06. The highest BCUT2D eigenvalue weighted by Crippen LogP contribution is 2.28. The zero-order valence-electron chi connectivity index (χ0n) is 15.7. The quantitative estimate of drug-likeness (QED) is 0.861. The fourth-order valence-corrected chi connectivity index (χ4v) is 5.08. The molecule has 1 aliphatic carbocycles. The Morgan fingerprint density at radius 2 is 1.81 bits per heavy atom. The molecule has 0 aromatic heterocycles. The first-order valence-corrected chi connectivity index (χ1v) is 10.4. The lowest BCUT2D eigenvalue weighted by Crippen LogP contribution is -3.18. The summed E-state index contributed by atoms with van der Waals surface area (Å²) >= 11 is 0. The topological polar surface area (TPSA) is 46.0 Å². The summed E-state index contributed by atoms with van der Waals surface area (Å²) in [6.45, 7) is 5.23. The SMILES string of the molecule is O=C(C[NH+]1CCC[C@H]2CCCC[C@@H]21)Nc1ccc(N2CCOCC2)cc1. The van der Waals surface area contributed by atoms with Crippen LogP contribution in [0.25, 0.3) is 0 Å². The summed E-state index contributed by atoms with van der Waals surface area (Å²) in [5, 5.41) is 3.11. The number of fused-ring (bicyclic) bond motifs is 1. The lowest BCUT2D eigenvalue weighted by atomic mass is 9.78. The molecule has 0 radical (unpaired) electrons. The van der Waals surface area contributed by atoms with E-state index in [1.54, 1.807) is 0 Å². The molecule has 1 saturated carbocycles. The minimum atomic E-state index is 0.158. The molecule has 0 bridgehead atoms. The number of carbonyl (C=O) groups is 1. The standard InChI is InChI=1S/C21H31N3O2/c25-21(16-24-11-3-5-17-4-1-2-6-20(17)24)22-18-7-9-19(10-8-18)23-12-14-26-15-13-23/h7-10,17,20H,1-6,11-16H2,(H,22,25)/p+1/t17-,20+/m1/s1. The van der Waals surface area contributed by atoms with Crippen LogP contribution in [0.2, 0.25) is 0 Å². The number of hydrogen-bond acceptors (Lipinski definition) is 3. The summed E-state index contributed by atoms with van der Waals surface area (Å²) < 4.78 is 5.41. The molecular formula is C21H32N3O2+. The van der Waals surface area contributed by atoms with Gasteiger partial charge in [-0.05, 0) is 56.4 Å². The van der Waals surface area contributed by atoms with Crippen LogP contribution in [0, 0.1) is 5.92 Å². The van der Waals surface area contributed by atoms with Crippen LogP contribution in [0.15, 0.2) is 24.3 Å². The van der Waals surface area contributed by atoms with Gasteiger partial charge in [-0.15, -0.1) is 0 Å². The number of quaternary nitrogens is 1. The molecule has 5 nitrogen and oxygen atoms in total. The summed E-state index contributed by atoms with van der Waals surface area (Å²) in [7, 11) is 0. The minimum Gasteiger partial charge on any atom is -0.378 e. The van der Waals surface area contributed by atoms with Crippen LogP contribution < -0.4 is 15.1 Å². The Morgan fingerprint density at radius 1 is 1.08 bits per heavy atom. The van der Waals surface area contributed by atoms with E-state index in [9.17, 15) is 4.79 Å². The maximum absolute atomic E-state index is 12.6. The van der Waals surface area contributed by atoms with E-state index in [2.05, 4.69) is 22.3 Å². The van der Waals surface area contributed by atoms with Gasteiger partial charge in [-0.2, -0.15) is 0 Å². The molecule has 1 unspecified atom stereocenters. The Kier molecular flexibility index (Phi) is 5.75. The molecule has 142 valence electrons. The number of likely N-dealkylation sites (tertiary alicyclic amines) is 1. The van der Waals surface area contributed by atoms with Gasteiger partial charge in [-0.3, -0.25) is 4.79 Å². The van der Waals surface area contributed by atoms with Crippen LogP contribution in [0.1, 0.15) is 38.5 Å². The van der Waals surface area contributed by atoms with E-state index in [0.29, 0.717) is 12.6 Å². The van der Waals surface area contributed by atoms with Gasteiger partial charge in [0, 0.05) is 30.4 Å². The number of ether oxygens (including phenoxy) is 1. The first-order valence-electron chi connectivity index (χ1n) is 10.4. The highest BCUT2D eigenvalue weighted by Gasteiger charge is 2.37. The summed E-state index contributed by atoms with van der Waals surface area (Å²) in [5.74, 6) is 1.01. The number of anilines is 2. The predicted molar refractivity (Wildman–Crippen MR) is 104 cm³/mol. The minimum absolute atomic E-state index is 0.158. The van der Waals surface area contributed by atoms with E-state index in [1.807, 2.05) is 12.1 Å². The Hall–Kier alpha value is -1.59. The molecule has 3 atom stereocenters. The number of morpholine rings is 1. The van der Waals surface area contributed by atoms with Crippen molar-refractivity contribution in [3.63, 3.8) is 0 Å². The lowest BCUT2D eigenvalue weighted by molar-refractivity contribution is -0.928. The second-order valence-corrected chi connectivity index (χ2v) is 8.07. The van der Waals surface area contributed by atoms with Crippen molar-refractivity contribution in [1.29, 1.82) is 0 Å². The van der Waals surface area contributed by atoms with Crippen LogP contribution in [0.5, 0.6) is 0 Å². The Morgan fingerprint density at radius 3 is 2.62 bits per heavy atom. The fraction of sp³-hybridized carbons (Fsp3) is 0.667. The molecule has 5 heteroatoms. The van der Waals surface area contributed by atoms with Gasteiger partial charge < -0.3 is 19.9 Å². The van der Waals surface area contributed by atoms with Gasteiger partial charge in [-0.1, -0.05) is 6.42 Å². The number of carbonyl (C=O) groups excluding carboxylic acids is 1. The van der Waals surface area contributed by atoms with E-state index in [0.717, 1.165) is 44.5 Å². The molecule has 3 fully saturated rings. The predicted octanol–water partition coefficient (Wildman–Crippen LogP) is 1.70. The van der Waals surface area contributed by atoms with Gasteiger partial charge in [0.25, 0.3) is 5.91 Å². The maximum Gasteiger partial charge on any atom is 0.279 e. The summed E-state index contributed by atoms with van der Waals surface area (Å²) in [4.78, 5) is 16.4. The Balaban J connectivity index is 1.31. The van der Waals surface area contributed by atoms with Gasteiger partial charge in [-0.25, -0.2) is 0 Å². The largest absolute Gasteiger partial charge is 0.378 e. The highest BCUT2D eigenvalue weighted by atomic mass is 16.5. The van der Waals surface area contributed by atoms with E-state index < -0.39 is 0 Å². The molecule has 2 N–H and O–H groups in total. The molecule has 2 saturated heterocycles. The fourth-order valence-electron chi connectivity index (χ4n) is 5.08. The van der Waals surface area contributed by atoms with Gasteiger partial charge in [0.15, 0.2) is 6.54 Å². The number of piperidine rings is 1. The van der Waals surface area contributed by atoms with Crippen LogP contribution in [0.3, 0.4) is 0 Å². The number of benzene rings is 1. The Labute approximate surface area is 156 Å². The van der Waals surface area contributed by atoms with Gasteiger partial charge >= 0.3 is 0 Å². The van der Waals surface area contributed by atoms with Crippen LogP contribution in [-0.4, -0.2) is 51.3 Å². The first-order chi connectivity index (χ1) is 12.8. The van der Waals surface area contributed by atoms with E-state index >= 15 is 0 Å². The molecule has 2 aliphatic heterocycles. The second-order valence-electron chi connectivity index (χ2n) is 8.07. The van der Waals surface area contributed by atoms with Crippen molar-refractivity contribution in [2.45, 2.75) is 44.6 Å². The van der Waals surface area contributed by atoms with E-state index in [-0.39, 0.29) is 5.91 Å². The molecular weight excluding hydrogens is 326 g/mol. The summed E-state index contributed by atoms with van der Waals surface area (Å²) in [5.41, 5.74) is 2.11. The Bertz CT molecular complexity index is 596. The normalized spacial score (nSPS) is 29.1. The number of amides is 1. The molecule has 3 aliphatic rings. The van der Waals surface area contributed by atoms with Crippen molar-refractivity contribution in [1.82, 2.24) is 0 Å². The highest BCUT2D eigenvalue weighted by molar-refractivity contribution is 5.91. The van der Waals surface area contributed by atoms with Crippen LogP contribution in [0.4, 0.5) is 11.4 Å². The number of nitrogens with zero attached hydrogens (tertiary/aromatic N) is 1. The van der Waals surface area contributed by atoms with Crippen molar-refractivity contribution < 1.29 is 14.4 Å². The van der Waals surface area contributed by atoms with Crippen molar-refractivity contribution in [3.8, 4) is 0 Å². The first kappa shape index (κ1) is 17.8. The van der Waals surface area contributed by atoms with Crippen molar-refractivity contribution >= 4 is 17.3 Å². The molecule has 1 amide bonds. The third kappa shape index (κ3) is 4.21. The van der Waals surface area contributed by atoms with Gasteiger partial charge in [0.05, 0.1) is 25.8 Å². The average Bonchev–Trinajstić information content (AvgIpc) is 2.69. The average molecular weight is 359 g/mol. The van der Waals surface area contributed by atoms with E-state index in [4.69, 9.17) is 4.74 Å². The monoisotopic (exact) mass is 358 g/mol. The maximum atomic E-state index is 12.6. The van der Waals surface area contributed by atoms with Crippen molar-refractivity contribution in [2.75, 3.05) is 49.6 Å². The third-order valence-electron chi connectivity index (χ3n) is 6.42. The van der Waals surface area contributed by atoms with Crippen molar-refractivity contribution in [3.05, 3.63) is 24.3 Å². The van der Waals surface area contributed by atoms with E-state index in [1.165, 1.54) is 49.1 Å². The molecule has 26 heavy (non-hydrogen) atoms. The number of rotatable bonds is 4. The van der Waals surface area contributed by atoms with Gasteiger partial charge in [0.1, 0.15) is 0 Å². The molecule has 1 aromatic carbocycles. The lowest BCUT2D eigenvalue weighted by Gasteiger charge is -2.40. The summed E-state index contributed by atoms with van der Waals surface area (Å²) in [6, 6.07) is 8.97. The number of nitrogens with one attached hydrogen (secondary N) is 2. The molecule has 0 spiro atoms. The number of hydrogen-bond donors (Lipinski definition) is 2. The van der Waals surface area contributed by atoms with Crippen LogP contribution >= 0.6 is 0 Å². The third-order valence-corrected chi connectivity index (χ3v) is 6.42. The smallest absolute Gasteiger partial charge is 0.279 e. The zero-order valence-corrected chi connectivity index (χ0v) is 15.7.